The van der Waals surface area contributed by atoms with Crippen LogP contribution in [-0.2, 0) is 0 Å². The molecule has 0 bridgehead atoms. The second-order valence-corrected chi connectivity index (χ2v) is 1.81. The average molecular weight is 91.9 g/mol. The first-order chi connectivity index (χ1) is 3.43. The molecule has 1 rings (SSSR count). The predicted molar refractivity (Wildman–Crippen MR) is 35.2 cm³/mol. The van der Waals surface area contributed by atoms with E-state index in [1.54, 1.807) is 5.57 Å². The molecule has 0 N–H and O–H groups in total. The smallest absolute Gasteiger partial charge is 0.0805 e. The van der Waals surface area contributed by atoms with Gasteiger partial charge in [-0.3, -0.25) is 0 Å². The van der Waals surface area contributed by atoms with Crippen LogP contribution in [0.25, 0.3) is 0 Å². The molecule has 0 saturated heterocycles. The first-order valence-corrected chi connectivity index (χ1v) is 2.78. The van der Waals surface area contributed by atoms with Gasteiger partial charge in [0.2, 0.25) is 0 Å². The molecule has 0 aliphatic heterocycles. The molecule has 0 radical (unpaired) electrons. The second kappa shape index (κ2) is 2.01. The lowest BCUT2D eigenvalue weighted by Gasteiger charge is -1.88. The van der Waals surface area contributed by atoms with Crippen LogP contribution in [-0.4, -0.2) is 7.85 Å². The highest BCUT2D eigenvalue weighted by atomic mass is 14.0. The summed E-state index contributed by atoms with van der Waals surface area (Å²) in [6, 6.07) is 0. The van der Waals surface area contributed by atoms with Gasteiger partial charge < -0.3 is 0 Å². The topological polar surface area (TPSA) is 0 Å². The van der Waals surface area contributed by atoms with Crippen LogP contribution < -0.4 is 0 Å². The monoisotopic (exact) mass is 92.1 g/mol. The largest absolute Gasteiger partial charge is 0.106 e. The van der Waals surface area contributed by atoms with E-state index in [9.17, 15) is 0 Å². The highest BCUT2D eigenvalue weighted by Gasteiger charge is 1.92. The van der Waals surface area contributed by atoms with Crippen molar-refractivity contribution in [3.63, 3.8) is 0 Å². The maximum atomic E-state index is 2.19. The third-order valence-corrected chi connectivity index (χ3v) is 1.30. The Labute approximate surface area is 45.3 Å². The lowest BCUT2D eigenvalue weighted by Crippen LogP contribution is -1.72. The van der Waals surface area contributed by atoms with Crippen LogP contribution in [0.15, 0.2) is 23.8 Å². The summed E-state index contributed by atoms with van der Waals surface area (Å²) in [4.78, 5) is 0. The minimum absolute atomic E-state index is 1.19. The van der Waals surface area contributed by atoms with E-state index in [1.165, 1.54) is 12.7 Å². The van der Waals surface area contributed by atoms with Gasteiger partial charge in [-0.25, -0.2) is 0 Å². The van der Waals surface area contributed by atoms with Crippen LogP contribution in [0.4, 0.5) is 0 Å². The Morgan fingerprint density at radius 1 is 1.71 bits per heavy atom. The predicted octanol–water partition coefficient (Wildman–Crippen LogP) is 0.924. The summed E-state index contributed by atoms with van der Waals surface area (Å²) in [5.41, 5.74) is 1.56. The van der Waals surface area contributed by atoms with E-state index in [4.69, 9.17) is 0 Å². The van der Waals surface area contributed by atoms with Crippen LogP contribution >= 0.6 is 0 Å². The van der Waals surface area contributed by atoms with Crippen molar-refractivity contribution >= 4 is 7.85 Å². The van der Waals surface area contributed by atoms with Gasteiger partial charge in [0.25, 0.3) is 0 Å². The van der Waals surface area contributed by atoms with E-state index in [1.807, 2.05) is 0 Å². The van der Waals surface area contributed by atoms with Gasteiger partial charge in [-0.05, 0) is 6.42 Å². The third kappa shape index (κ3) is 0.954. The molecule has 36 valence electrons. The van der Waals surface area contributed by atoms with Crippen molar-refractivity contribution in [1.29, 1.82) is 0 Å². The van der Waals surface area contributed by atoms with E-state index in [2.05, 4.69) is 26.1 Å². The fourth-order valence-electron chi connectivity index (χ4n) is 0.754. The van der Waals surface area contributed by atoms with E-state index in [0.29, 0.717) is 0 Å². The number of hydrogen-bond donors (Lipinski definition) is 0. The Balaban J connectivity index is 2.45. The van der Waals surface area contributed by atoms with Crippen molar-refractivity contribution in [3.05, 3.63) is 23.8 Å². The van der Waals surface area contributed by atoms with Gasteiger partial charge in [0.05, 0.1) is 0 Å². The van der Waals surface area contributed by atoms with Crippen LogP contribution in [0.1, 0.15) is 6.42 Å². The zero-order valence-electron chi connectivity index (χ0n) is 4.65. The van der Waals surface area contributed by atoms with E-state index < -0.39 is 0 Å². The summed E-state index contributed by atoms with van der Waals surface area (Å²) in [7, 11) is 2.19. The molecule has 0 atom stereocenters. The minimum atomic E-state index is 1.19. The van der Waals surface area contributed by atoms with E-state index >= 15 is 0 Å². The third-order valence-electron chi connectivity index (χ3n) is 1.30. The van der Waals surface area contributed by atoms with Gasteiger partial charge in [0, 0.05) is 0 Å². The molecule has 0 nitrogen and oxygen atoms in total. The number of allylic oxidation sites excluding steroid dienone is 4. The highest BCUT2D eigenvalue weighted by Crippen LogP contribution is 2.11. The molecule has 1 aliphatic rings. The molecule has 1 aliphatic carbocycles. The maximum Gasteiger partial charge on any atom is 0.106 e. The lowest BCUT2D eigenvalue weighted by atomic mass is 9.96. The first kappa shape index (κ1) is 4.70. The van der Waals surface area contributed by atoms with E-state index in [0.717, 1.165) is 0 Å². The first-order valence-electron chi connectivity index (χ1n) is 2.78. The summed E-state index contributed by atoms with van der Waals surface area (Å²) < 4.78 is 0. The summed E-state index contributed by atoms with van der Waals surface area (Å²) >= 11 is 0. The Morgan fingerprint density at radius 3 is 2.86 bits per heavy atom. The number of hydrogen-bond acceptors (Lipinski definition) is 0. The Morgan fingerprint density at radius 2 is 2.57 bits per heavy atom. The fraction of sp³-hybridized carbons (Fsp3) is 0.333. The van der Waals surface area contributed by atoms with Crippen LogP contribution in [0.2, 0.25) is 6.32 Å². The molecular formula is C6H9B. The Kier molecular flexibility index (Phi) is 1.35. The molecule has 0 heterocycles. The van der Waals surface area contributed by atoms with Crippen molar-refractivity contribution in [2.24, 2.45) is 0 Å². The van der Waals surface area contributed by atoms with E-state index in [-0.39, 0.29) is 0 Å². The minimum Gasteiger partial charge on any atom is -0.0805 e. The quantitative estimate of drug-likeness (QED) is 0.422. The van der Waals surface area contributed by atoms with Crippen molar-refractivity contribution in [2.75, 3.05) is 0 Å². The SMILES string of the molecule is BCC1=CC=CC1. The van der Waals surface area contributed by atoms with Gasteiger partial charge in [-0.2, -0.15) is 0 Å². The normalized spacial score (nSPS) is 17.4. The fourth-order valence-corrected chi connectivity index (χ4v) is 0.754. The summed E-state index contributed by atoms with van der Waals surface area (Å²) in [6.45, 7) is 0. The van der Waals surface area contributed by atoms with Crippen LogP contribution in [0.5, 0.6) is 0 Å². The van der Waals surface area contributed by atoms with Crippen molar-refractivity contribution < 1.29 is 0 Å². The van der Waals surface area contributed by atoms with Crippen LogP contribution in [0, 0.1) is 0 Å². The second-order valence-electron chi connectivity index (χ2n) is 1.81. The Hall–Kier alpha value is -0.455. The van der Waals surface area contributed by atoms with Crippen molar-refractivity contribution in [3.8, 4) is 0 Å². The van der Waals surface area contributed by atoms with Gasteiger partial charge in [-0.1, -0.05) is 30.1 Å². The zero-order valence-corrected chi connectivity index (χ0v) is 4.65. The Bertz CT molecular complexity index is 111. The molecule has 0 unspecified atom stereocenters. The van der Waals surface area contributed by atoms with Crippen molar-refractivity contribution in [1.82, 2.24) is 0 Å². The summed E-state index contributed by atoms with van der Waals surface area (Å²) in [5.74, 6) is 0. The highest BCUT2D eigenvalue weighted by molar-refractivity contribution is 6.10. The van der Waals surface area contributed by atoms with Gasteiger partial charge >= 0.3 is 0 Å². The molecule has 0 aromatic rings. The maximum absolute atomic E-state index is 2.19. The lowest BCUT2D eigenvalue weighted by molar-refractivity contribution is 1.25. The number of rotatable bonds is 1. The molecule has 0 saturated carbocycles. The van der Waals surface area contributed by atoms with Gasteiger partial charge in [0.1, 0.15) is 7.85 Å². The van der Waals surface area contributed by atoms with Crippen LogP contribution in [0.3, 0.4) is 0 Å². The van der Waals surface area contributed by atoms with Crippen molar-refractivity contribution in [2.45, 2.75) is 12.7 Å². The molecule has 0 fully saturated rings. The molecular weight excluding hydrogens is 82.9 g/mol. The molecule has 0 amide bonds. The summed E-state index contributed by atoms with van der Waals surface area (Å²) in [6.07, 6.45) is 8.92. The standard InChI is InChI=1S/C6H9B/c7-5-6-3-1-2-4-6/h1-3H,4-5,7H2. The molecule has 0 spiro atoms. The molecule has 1 heteroatoms. The van der Waals surface area contributed by atoms with Gasteiger partial charge in [-0.15, -0.1) is 0 Å². The molecule has 7 heavy (non-hydrogen) atoms. The zero-order chi connectivity index (χ0) is 5.11. The average Bonchev–Trinajstić information content (AvgIpc) is 2.14. The molecule has 0 aromatic carbocycles. The molecule has 0 aromatic heterocycles. The van der Waals surface area contributed by atoms with Gasteiger partial charge in [0.15, 0.2) is 0 Å². The summed E-state index contributed by atoms with van der Waals surface area (Å²) in [5, 5.41) is 0.